The summed E-state index contributed by atoms with van der Waals surface area (Å²) in [6.07, 6.45) is 3.11. The van der Waals surface area contributed by atoms with E-state index in [0.29, 0.717) is 30.6 Å². The average Bonchev–Trinajstić information content (AvgIpc) is 2.55. The Balaban J connectivity index is 2.41. The standard InChI is InChI=1S/C17H24N2O4/c1-2-10-18-16(22)13-7-6-8-14(12-13)17(23)19-11-5-3-4-9-15(20)21/h6-8,12H,2-5,9-11H2,1H3,(H,18,22)(H,19,23)(H,20,21). The van der Waals surface area contributed by atoms with Gasteiger partial charge in [0.1, 0.15) is 0 Å². The highest BCUT2D eigenvalue weighted by Gasteiger charge is 2.09. The second kappa shape index (κ2) is 10.4. The van der Waals surface area contributed by atoms with Crippen LogP contribution in [0.1, 0.15) is 59.7 Å². The lowest BCUT2D eigenvalue weighted by atomic mass is 10.1. The van der Waals surface area contributed by atoms with E-state index in [9.17, 15) is 14.4 Å². The zero-order valence-electron chi connectivity index (χ0n) is 13.4. The van der Waals surface area contributed by atoms with Crippen LogP contribution in [0.5, 0.6) is 0 Å². The molecule has 0 saturated heterocycles. The minimum absolute atomic E-state index is 0.156. The normalized spacial score (nSPS) is 10.1. The van der Waals surface area contributed by atoms with Gasteiger partial charge in [-0.15, -0.1) is 0 Å². The van der Waals surface area contributed by atoms with Crippen molar-refractivity contribution in [2.45, 2.75) is 39.0 Å². The fourth-order valence-corrected chi connectivity index (χ4v) is 2.02. The monoisotopic (exact) mass is 320 g/mol. The molecule has 1 rings (SSSR count). The van der Waals surface area contributed by atoms with Crippen LogP contribution >= 0.6 is 0 Å². The van der Waals surface area contributed by atoms with Gasteiger partial charge in [-0.3, -0.25) is 14.4 Å². The van der Waals surface area contributed by atoms with Gasteiger partial charge in [0.15, 0.2) is 0 Å². The highest BCUT2D eigenvalue weighted by molar-refractivity contribution is 5.99. The molecule has 0 aromatic heterocycles. The average molecular weight is 320 g/mol. The lowest BCUT2D eigenvalue weighted by Gasteiger charge is -2.07. The zero-order chi connectivity index (χ0) is 17.1. The van der Waals surface area contributed by atoms with Crippen molar-refractivity contribution in [1.82, 2.24) is 10.6 Å². The molecular weight excluding hydrogens is 296 g/mol. The van der Waals surface area contributed by atoms with Gasteiger partial charge in [-0.05, 0) is 37.5 Å². The van der Waals surface area contributed by atoms with Gasteiger partial charge < -0.3 is 15.7 Å². The van der Waals surface area contributed by atoms with Gasteiger partial charge in [0.25, 0.3) is 11.8 Å². The van der Waals surface area contributed by atoms with Gasteiger partial charge >= 0.3 is 5.97 Å². The Morgan fingerprint density at radius 1 is 0.957 bits per heavy atom. The Hall–Kier alpha value is -2.37. The minimum Gasteiger partial charge on any atom is -0.481 e. The molecule has 0 radical (unpaired) electrons. The first-order chi connectivity index (χ1) is 11.0. The van der Waals surface area contributed by atoms with Crippen LogP contribution in [0.4, 0.5) is 0 Å². The van der Waals surface area contributed by atoms with E-state index in [1.54, 1.807) is 24.3 Å². The van der Waals surface area contributed by atoms with Crippen molar-refractivity contribution in [1.29, 1.82) is 0 Å². The molecule has 23 heavy (non-hydrogen) atoms. The van der Waals surface area contributed by atoms with E-state index in [1.165, 1.54) is 0 Å². The fourth-order valence-electron chi connectivity index (χ4n) is 2.02. The van der Waals surface area contributed by atoms with Gasteiger partial charge in [0, 0.05) is 30.6 Å². The molecule has 0 aliphatic heterocycles. The second-order valence-electron chi connectivity index (χ2n) is 5.30. The number of amides is 2. The van der Waals surface area contributed by atoms with E-state index in [2.05, 4.69) is 10.6 Å². The summed E-state index contributed by atoms with van der Waals surface area (Å²) in [6, 6.07) is 6.59. The molecule has 0 aliphatic rings. The van der Waals surface area contributed by atoms with Crippen LogP contribution in [0.2, 0.25) is 0 Å². The van der Waals surface area contributed by atoms with Crippen molar-refractivity contribution in [2.75, 3.05) is 13.1 Å². The van der Waals surface area contributed by atoms with Crippen LogP contribution < -0.4 is 10.6 Å². The summed E-state index contributed by atoms with van der Waals surface area (Å²) in [5.74, 6) is -1.21. The Bertz CT molecular complexity index is 543. The number of hydrogen-bond donors (Lipinski definition) is 3. The number of aliphatic carboxylic acids is 1. The molecule has 0 unspecified atom stereocenters. The van der Waals surface area contributed by atoms with Crippen LogP contribution in [0.3, 0.4) is 0 Å². The number of rotatable bonds is 10. The van der Waals surface area contributed by atoms with E-state index in [-0.39, 0.29) is 18.2 Å². The van der Waals surface area contributed by atoms with E-state index >= 15 is 0 Å². The van der Waals surface area contributed by atoms with Gasteiger partial charge in [0.2, 0.25) is 0 Å². The lowest BCUT2D eigenvalue weighted by Crippen LogP contribution is -2.26. The molecule has 126 valence electrons. The number of carboxylic acids is 1. The molecule has 0 fully saturated rings. The van der Waals surface area contributed by atoms with E-state index < -0.39 is 5.97 Å². The molecular formula is C17H24N2O4. The summed E-state index contributed by atoms with van der Waals surface area (Å²) in [7, 11) is 0. The van der Waals surface area contributed by atoms with Crippen molar-refractivity contribution in [3.8, 4) is 0 Å². The number of nitrogens with one attached hydrogen (secondary N) is 2. The highest BCUT2D eigenvalue weighted by atomic mass is 16.4. The number of carbonyl (C=O) groups excluding carboxylic acids is 2. The Kier molecular flexibility index (Phi) is 8.42. The molecule has 3 N–H and O–H groups in total. The zero-order valence-corrected chi connectivity index (χ0v) is 13.4. The van der Waals surface area contributed by atoms with Crippen molar-refractivity contribution in [2.24, 2.45) is 0 Å². The smallest absolute Gasteiger partial charge is 0.303 e. The van der Waals surface area contributed by atoms with Crippen LogP contribution in [-0.4, -0.2) is 36.0 Å². The summed E-state index contributed by atoms with van der Waals surface area (Å²) in [5, 5.41) is 14.1. The summed E-state index contributed by atoms with van der Waals surface area (Å²) in [5.41, 5.74) is 0.909. The predicted octanol–water partition coefficient (Wildman–Crippen LogP) is 2.20. The highest BCUT2D eigenvalue weighted by Crippen LogP contribution is 2.06. The molecule has 6 nitrogen and oxygen atoms in total. The van der Waals surface area contributed by atoms with Crippen LogP contribution in [0.25, 0.3) is 0 Å². The van der Waals surface area contributed by atoms with Gasteiger partial charge in [-0.1, -0.05) is 19.4 Å². The molecule has 0 heterocycles. The molecule has 1 aromatic rings. The van der Waals surface area contributed by atoms with E-state index in [0.717, 1.165) is 19.3 Å². The number of benzene rings is 1. The summed E-state index contributed by atoms with van der Waals surface area (Å²) < 4.78 is 0. The quantitative estimate of drug-likeness (QED) is 0.576. The molecule has 0 bridgehead atoms. The first-order valence-corrected chi connectivity index (χ1v) is 7.93. The molecule has 2 amide bonds. The first-order valence-electron chi connectivity index (χ1n) is 7.93. The van der Waals surface area contributed by atoms with Crippen molar-refractivity contribution in [3.63, 3.8) is 0 Å². The molecule has 0 saturated carbocycles. The lowest BCUT2D eigenvalue weighted by molar-refractivity contribution is -0.137. The third-order valence-corrected chi connectivity index (χ3v) is 3.28. The van der Waals surface area contributed by atoms with Crippen molar-refractivity contribution >= 4 is 17.8 Å². The number of carboxylic acid groups (broad SMARTS) is 1. The van der Waals surface area contributed by atoms with E-state index in [1.807, 2.05) is 6.92 Å². The first kappa shape index (κ1) is 18.7. The number of unbranched alkanes of at least 4 members (excludes halogenated alkanes) is 2. The third kappa shape index (κ3) is 7.44. The third-order valence-electron chi connectivity index (χ3n) is 3.28. The van der Waals surface area contributed by atoms with Crippen LogP contribution in [0.15, 0.2) is 24.3 Å². The van der Waals surface area contributed by atoms with Crippen molar-refractivity contribution in [3.05, 3.63) is 35.4 Å². The largest absolute Gasteiger partial charge is 0.481 e. The fraction of sp³-hybridized carbons (Fsp3) is 0.471. The Morgan fingerprint density at radius 2 is 1.57 bits per heavy atom. The van der Waals surface area contributed by atoms with Gasteiger partial charge in [-0.25, -0.2) is 0 Å². The molecule has 6 heteroatoms. The molecule has 1 aromatic carbocycles. The van der Waals surface area contributed by atoms with Crippen molar-refractivity contribution < 1.29 is 19.5 Å². The molecule has 0 aliphatic carbocycles. The maximum absolute atomic E-state index is 12.0. The minimum atomic E-state index is -0.799. The number of hydrogen-bond acceptors (Lipinski definition) is 3. The maximum atomic E-state index is 12.0. The molecule has 0 atom stereocenters. The number of carbonyl (C=O) groups is 3. The topological polar surface area (TPSA) is 95.5 Å². The van der Waals surface area contributed by atoms with Gasteiger partial charge in [-0.2, -0.15) is 0 Å². The predicted molar refractivity (Wildman–Crippen MR) is 87.5 cm³/mol. The summed E-state index contributed by atoms with van der Waals surface area (Å²) >= 11 is 0. The summed E-state index contributed by atoms with van der Waals surface area (Å²) in [4.78, 5) is 34.3. The molecule has 0 spiro atoms. The maximum Gasteiger partial charge on any atom is 0.303 e. The van der Waals surface area contributed by atoms with E-state index in [4.69, 9.17) is 5.11 Å². The second-order valence-corrected chi connectivity index (χ2v) is 5.30. The van der Waals surface area contributed by atoms with Crippen LogP contribution in [0, 0.1) is 0 Å². The summed E-state index contributed by atoms with van der Waals surface area (Å²) in [6.45, 7) is 3.07. The Morgan fingerprint density at radius 3 is 2.13 bits per heavy atom. The van der Waals surface area contributed by atoms with Crippen LogP contribution in [-0.2, 0) is 4.79 Å². The van der Waals surface area contributed by atoms with Gasteiger partial charge in [0.05, 0.1) is 0 Å². The SMILES string of the molecule is CCCNC(=O)c1cccc(C(=O)NCCCCCC(=O)O)c1. The Labute approximate surface area is 136 Å².